The van der Waals surface area contributed by atoms with Crippen LogP contribution in [0.4, 0.5) is 11.8 Å². The molecule has 1 aliphatic rings. The maximum Gasteiger partial charge on any atom is 0.228 e. The number of rotatable bonds is 8. The second-order valence-electron chi connectivity index (χ2n) is 7.30. The fraction of sp³-hybridized carbons (Fsp3) is 0.700. The first-order chi connectivity index (χ1) is 12.7. The van der Waals surface area contributed by atoms with Crippen molar-refractivity contribution in [1.82, 2.24) is 14.9 Å². The number of likely N-dealkylation sites (N-methyl/N-ethyl adjacent to an activating group) is 1. The van der Waals surface area contributed by atoms with Gasteiger partial charge in [0.2, 0.25) is 5.95 Å². The van der Waals surface area contributed by atoms with E-state index in [1.807, 2.05) is 18.4 Å². The molecular formula is C20H33N5S. The Bertz CT molecular complexity index is 719. The Kier molecular flexibility index (Phi) is 6.70. The highest BCUT2D eigenvalue weighted by Crippen LogP contribution is 2.37. The highest BCUT2D eigenvalue weighted by Gasteiger charge is 2.22. The van der Waals surface area contributed by atoms with E-state index in [1.54, 1.807) is 0 Å². The molecule has 0 saturated carbocycles. The number of nitrogens with one attached hydrogen (secondary N) is 1. The lowest BCUT2D eigenvalue weighted by Gasteiger charge is -2.32. The number of unbranched alkanes of at least 4 members (excludes halogenated alkanes) is 2. The summed E-state index contributed by atoms with van der Waals surface area (Å²) in [4.78, 5) is 17.3. The fourth-order valence-corrected chi connectivity index (χ4v) is 4.83. The van der Waals surface area contributed by atoms with Crippen molar-refractivity contribution in [2.45, 2.75) is 52.4 Å². The number of aryl methyl sites for hydroxylation is 2. The first kappa shape index (κ1) is 19.4. The average Bonchev–Trinajstić information content (AvgIpc) is 3.01. The minimum absolute atomic E-state index is 0.889. The van der Waals surface area contributed by atoms with Gasteiger partial charge < -0.3 is 15.1 Å². The largest absolute Gasteiger partial charge is 0.372 e. The van der Waals surface area contributed by atoms with Gasteiger partial charge in [0.25, 0.3) is 0 Å². The monoisotopic (exact) mass is 375 g/mol. The predicted octanol–water partition coefficient (Wildman–Crippen LogP) is 4.17. The van der Waals surface area contributed by atoms with Crippen LogP contribution in [-0.4, -0.2) is 55.1 Å². The molecule has 6 heteroatoms. The number of fused-ring (bicyclic) bond motifs is 1. The van der Waals surface area contributed by atoms with Crippen molar-refractivity contribution in [3.63, 3.8) is 0 Å². The normalized spacial score (nSPS) is 15.8. The van der Waals surface area contributed by atoms with Gasteiger partial charge in [0, 0.05) is 38.1 Å². The third-order valence-electron chi connectivity index (χ3n) is 5.28. The van der Waals surface area contributed by atoms with Gasteiger partial charge in [-0.25, -0.2) is 4.98 Å². The number of hydrogen-bond acceptors (Lipinski definition) is 6. The summed E-state index contributed by atoms with van der Waals surface area (Å²) in [6.07, 6.45) is 7.25. The summed E-state index contributed by atoms with van der Waals surface area (Å²) in [7, 11) is 4.17. The molecule has 3 heterocycles. The van der Waals surface area contributed by atoms with Gasteiger partial charge in [-0.1, -0.05) is 26.7 Å². The topological polar surface area (TPSA) is 44.3 Å². The number of anilines is 2. The molecule has 0 spiro atoms. The molecule has 1 aliphatic heterocycles. The van der Waals surface area contributed by atoms with Crippen LogP contribution in [0.3, 0.4) is 0 Å². The van der Waals surface area contributed by atoms with E-state index in [4.69, 9.17) is 9.97 Å². The molecule has 0 aliphatic carbocycles. The molecular weight excluding hydrogens is 342 g/mol. The first-order valence-corrected chi connectivity index (χ1v) is 10.9. The molecule has 2 aromatic heterocycles. The van der Waals surface area contributed by atoms with E-state index in [2.05, 4.69) is 36.0 Å². The Labute approximate surface area is 161 Å². The Balaban J connectivity index is 2.01. The maximum absolute atomic E-state index is 5.00. The minimum Gasteiger partial charge on any atom is -0.372 e. The van der Waals surface area contributed by atoms with Crippen LogP contribution in [0.1, 0.15) is 50.0 Å². The van der Waals surface area contributed by atoms with Crippen molar-refractivity contribution < 1.29 is 0 Å². The van der Waals surface area contributed by atoms with Crippen molar-refractivity contribution in [3.8, 4) is 0 Å². The van der Waals surface area contributed by atoms with E-state index in [-0.39, 0.29) is 0 Å². The Morgan fingerprint density at radius 3 is 2.35 bits per heavy atom. The van der Waals surface area contributed by atoms with Gasteiger partial charge in [0.1, 0.15) is 10.6 Å². The van der Waals surface area contributed by atoms with Gasteiger partial charge in [-0.15, -0.1) is 11.3 Å². The van der Waals surface area contributed by atoms with Crippen molar-refractivity contribution in [2.75, 3.05) is 50.5 Å². The van der Waals surface area contributed by atoms with Crippen molar-refractivity contribution >= 4 is 33.3 Å². The molecule has 5 nitrogen and oxygen atoms in total. The molecule has 0 radical (unpaired) electrons. The van der Waals surface area contributed by atoms with E-state index in [1.165, 1.54) is 47.9 Å². The zero-order chi connectivity index (χ0) is 18.5. The van der Waals surface area contributed by atoms with Crippen molar-refractivity contribution in [1.29, 1.82) is 0 Å². The van der Waals surface area contributed by atoms with E-state index >= 15 is 0 Å². The molecule has 0 unspecified atom stereocenters. The molecule has 0 bridgehead atoms. The average molecular weight is 376 g/mol. The molecule has 0 atom stereocenters. The summed E-state index contributed by atoms with van der Waals surface area (Å²) in [5.74, 6) is 1.90. The summed E-state index contributed by atoms with van der Waals surface area (Å²) in [6.45, 7) is 8.68. The molecule has 26 heavy (non-hydrogen) atoms. The van der Waals surface area contributed by atoms with Gasteiger partial charge in [-0.3, -0.25) is 0 Å². The van der Waals surface area contributed by atoms with Gasteiger partial charge in [-0.05, 0) is 38.3 Å². The van der Waals surface area contributed by atoms with Gasteiger partial charge in [0.15, 0.2) is 0 Å². The minimum atomic E-state index is 0.889. The van der Waals surface area contributed by atoms with Gasteiger partial charge in [-0.2, -0.15) is 4.98 Å². The third kappa shape index (κ3) is 4.12. The summed E-state index contributed by atoms with van der Waals surface area (Å²) >= 11 is 1.89. The number of nitrogens with zero attached hydrogens (tertiary/aromatic N) is 4. The number of piperazine rings is 1. The maximum atomic E-state index is 5.00. The Morgan fingerprint density at radius 2 is 1.69 bits per heavy atom. The SMILES string of the molecule is CCCCc1sc2nc(N3CCN(C)CC3)nc(NC)c2c1CCCC. The van der Waals surface area contributed by atoms with Crippen molar-refractivity contribution in [3.05, 3.63) is 10.4 Å². The van der Waals surface area contributed by atoms with Crippen LogP contribution in [0.5, 0.6) is 0 Å². The molecule has 3 rings (SSSR count). The molecule has 1 N–H and O–H groups in total. The van der Waals surface area contributed by atoms with Crippen LogP contribution >= 0.6 is 11.3 Å². The molecule has 144 valence electrons. The second-order valence-corrected chi connectivity index (χ2v) is 8.39. The molecule has 0 aromatic carbocycles. The van der Waals surface area contributed by atoms with Crippen LogP contribution in [0, 0.1) is 0 Å². The molecule has 0 amide bonds. The van der Waals surface area contributed by atoms with Crippen LogP contribution in [0.2, 0.25) is 0 Å². The van der Waals surface area contributed by atoms with Crippen molar-refractivity contribution in [2.24, 2.45) is 0 Å². The van der Waals surface area contributed by atoms with Gasteiger partial charge >= 0.3 is 0 Å². The summed E-state index contributed by atoms with van der Waals surface area (Å²) < 4.78 is 0. The highest BCUT2D eigenvalue weighted by molar-refractivity contribution is 7.19. The lowest BCUT2D eigenvalue weighted by atomic mass is 10.0. The number of aromatic nitrogens is 2. The van der Waals surface area contributed by atoms with E-state index in [0.717, 1.165) is 49.2 Å². The van der Waals surface area contributed by atoms with E-state index < -0.39 is 0 Å². The number of thiophene rings is 1. The zero-order valence-corrected chi connectivity index (χ0v) is 17.6. The van der Waals surface area contributed by atoms with Crippen LogP contribution in [0.15, 0.2) is 0 Å². The predicted molar refractivity (Wildman–Crippen MR) is 114 cm³/mol. The summed E-state index contributed by atoms with van der Waals surface area (Å²) in [5.41, 5.74) is 1.49. The molecule has 2 aromatic rings. The first-order valence-electron chi connectivity index (χ1n) is 10.1. The van der Waals surface area contributed by atoms with Gasteiger partial charge in [0.05, 0.1) is 5.39 Å². The third-order valence-corrected chi connectivity index (χ3v) is 6.47. The zero-order valence-electron chi connectivity index (χ0n) is 16.8. The van der Waals surface area contributed by atoms with Crippen LogP contribution in [0.25, 0.3) is 10.2 Å². The lowest BCUT2D eigenvalue weighted by Crippen LogP contribution is -2.45. The Hall–Kier alpha value is -1.40. The molecule has 1 saturated heterocycles. The molecule has 1 fully saturated rings. The summed E-state index contributed by atoms with van der Waals surface area (Å²) in [5, 5.41) is 4.64. The van der Waals surface area contributed by atoms with Crippen LogP contribution in [-0.2, 0) is 12.8 Å². The summed E-state index contributed by atoms with van der Waals surface area (Å²) in [6, 6.07) is 0. The Morgan fingerprint density at radius 1 is 1.00 bits per heavy atom. The fourth-order valence-electron chi connectivity index (χ4n) is 3.58. The van der Waals surface area contributed by atoms with E-state index in [0.29, 0.717) is 0 Å². The standard InChI is InChI=1S/C20H33N5S/c1-5-7-9-15-16(10-8-6-2)26-19-17(15)18(21-3)22-20(23-19)25-13-11-24(4)12-14-25/h5-14H2,1-4H3,(H,21,22,23). The smallest absolute Gasteiger partial charge is 0.228 e. The second kappa shape index (κ2) is 9.00. The number of hydrogen-bond donors (Lipinski definition) is 1. The van der Waals surface area contributed by atoms with Crippen LogP contribution < -0.4 is 10.2 Å². The lowest BCUT2D eigenvalue weighted by molar-refractivity contribution is 0.311. The van der Waals surface area contributed by atoms with E-state index in [9.17, 15) is 0 Å². The quantitative estimate of drug-likeness (QED) is 0.750. The highest BCUT2D eigenvalue weighted by atomic mass is 32.1.